The fourth-order valence-corrected chi connectivity index (χ4v) is 5.02. The van der Waals surface area contributed by atoms with Crippen molar-refractivity contribution < 1.29 is 27.2 Å². The molecule has 11 heteroatoms. The number of nitrogens with zero attached hydrogens (tertiary/aromatic N) is 3. The number of carbonyl (C=O) groups excluding carboxylic acids is 2. The number of aromatic amines is 1. The molecule has 204 valence electrons. The van der Waals surface area contributed by atoms with Crippen LogP contribution in [0.3, 0.4) is 0 Å². The van der Waals surface area contributed by atoms with Crippen LogP contribution in [0, 0.1) is 23.3 Å². The first-order valence-corrected chi connectivity index (χ1v) is 12.5. The summed E-state index contributed by atoms with van der Waals surface area (Å²) in [6.45, 7) is 3.40. The molecule has 3 aromatic rings. The molecule has 1 unspecified atom stereocenters. The largest absolute Gasteiger partial charge is 0.357 e. The van der Waals surface area contributed by atoms with Gasteiger partial charge < -0.3 is 20.1 Å². The fourth-order valence-electron chi connectivity index (χ4n) is 5.02. The molecule has 0 saturated heterocycles. The van der Waals surface area contributed by atoms with E-state index >= 15 is 0 Å². The molecule has 2 aliphatic rings. The number of benzene rings is 2. The van der Waals surface area contributed by atoms with Gasteiger partial charge in [0.25, 0.3) is 5.91 Å². The first kappa shape index (κ1) is 26.6. The van der Waals surface area contributed by atoms with Crippen molar-refractivity contribution in [3.05, 3.63) is 82.2 Å². The molecular formula is C28H27F4N5O2. The second-order valence-corrected chi connectivity index (χ2v) is 10.2. The van der Waals surface area contributed by atoms with E-state index in [9.17, 15) is 27.2 Å². The van der Waals surface area contributed by atoms with Gasteiger partial charge in [-0.05, 0) is 50.9 Å². The SMILES string of the molecule is C[C@@H](Cc1c(F)c(F)cc(F)c1F)/N=C1\C=CNC(=O)C1c1cc2cc3c(cc2[nH]1)C(=O)N(CCN(C)C)C3. The van der Waals surface area contributed by atoms with Crippen molar-refractivity contribution in [3.63, 3.8) is 0 Å². The molecular weight excluding hydrogens is 514 g/mol. The van der Waals surface area contributed by atoms with Crippen LogP contribution in [0.2, 0.25) is 0 Å². The van der Waals surface area contributed by atoms with E-state index < -0.39 is 47.2 Å². The van der Waals surface area contributed by atoms with Crippen LogP contribution in [0.4, 0.5) is 17.6 Å². The summed E-state index contributed by atoms with van der Waals surface area (Å²) in [6.07, 6.45) is 2.56. The van der Waals surface area contributed by atoms with Crippen molar-refractivity contribution in [2.75, 3.05) is 27.2 Å². The molecule has 2 aliphatic heterocycles. The van der Waals surface area contributed by atoms with Crippen molar-refractivity contribution in [2.45, 2.75) is 31.8 Å². The van der Waals surface area contributed by atoms with Crippen LogP contribution in [0.25, 0.3) is 10.9 Å². The number of allylic oxidation sites excluding steroid dienone is 1. The number of aromatic nitrogens is 1. The normalized spacial score (nSPS) is 18.9. The summed E-state index contributed by atoms with van der Waals surface area (Å²) in [7, 11) is 3.90. The lowest BCUT2D eigenvalue weighted by molar-refractivity contribution is -0.120. The summed E-state index contributed by atoms with van der Waals surface area (Å²) < 4.78 is 55.7. The monoisotopic (exact) mass is 541 g/mol. The maximum atomic E-state index is 14.2. The quantitative estimate of drug-likeness (QED) is 0.350. The van der Waals surface area contributed by atoms with E-state index in [1.54, 1.807) is 17.0 Å². The molecule has 39 heavy (non-hydrogen) atoms. The zero-order valence-corrected chi connectivity index (χ0v) is 21.6. The summed E-state index contributed by atoms with van der Waals surface area (Å²) in [5.74, 6) is -7.19. The Labute approximate surface area is 222 Å². The predicted octanol–water partition coefficient (Wildman–Crippen LogP) is 4.04. The summed E-state index contributed by atoms with van der Waals surface area (Å²) in [6, 6.07) is 4.88. The molecule has 5 rings (SSSR count). The maximum absolute atomic E-state index is 14.2. The molecule has 0 saturated carbocycles. The number of aliphatic imine (C=N–C) groups is 1. The van der Waals surface area contributed by atoms with Crippen LogP contribution >= 0.6 is 0 Å². The number of likely N-dealkylation sites (N-methyl/N-ethyl adjacent to an activating group) is 1. The van der Waals surface area contributed by atoms with E-state index in [1.165, 1.54) is 13.1 Å². The van der Waals surface area contributed by atoms with Crippen molar-refractivity contribution >= 4 is 28.4 Å². The van der Waals surface area contributed by atoms with Gasteiger partial charge in [-0.25, -0.2) is 17.6 Å². The summed E-state index contributed by atoms with van der Waals surface area (Å²) in [5.41, 5.74) is 2.28. The van der Waals surface area contributed by atoms with Crippen LogP contribution in [-0.4, -0.2) is 65.5 Å². The van der Waals surface area contributed by atoms with Gasteiger partial charge in [-0.3, -0.25) is 14.6 Å². The molecule has 2 aromatic carbocycles. The van der Waals surface area contributed by atoms with Gasteiger partial charge in [0, 0.05) is 66.0 Å². The minimum Gasteiger partial charge on any atom is -0.357 e. The highest BCUT2D eigenvalue weighted by molar-refractivity contribution is 6.16. The van der Waals surface area contributed by atoms with Gasteiger partial charge in [0.15, 0.2) is 23.3 Å². The van der Waals surface area contributed by atoms with E-state index in [1.807, 2.05) is 31.1 Å². The summed E-state index contributed by atoms with van der Waals surface area (Å²) >= 11 is 0. The number of hydrogen-bond donors (Lipinski definition) is 2. The van der Waals surface area contributed by atoms with Gasteiger partial charge in [-0.15, -0.1) is 0 Å². The number of H-pyrrole nitrogens is 1. The van der Waals surface area contributed by atoms with Gasteiger partial charge in [0.1, 0.15) is 5.92 Å². The minimum absolute atomic E-state index is 0.0485. The highest BCUT2D eigenvalue weighted by Gasteiger charge is 2.32. The molecule has 0 radical (unpaired) electrons. The Morgan fingerprint density at radius 2 is 1.79 bits per heavy atom. The number of amides is 2. The zero-order chi connectivity index (χ0) is 28.0. The zero-order valence-electron chi connectivity index (χ0n) is 21.6. The Bertz CT molecular complexity index is 1520. The molecule has 0 aliphatic carbocycles. The molecule has 0 bridgehead atoms. The predicted molar refractivity (Wildman–Crippen MR) is 138 cm³/mol. The third kappa shape index (κ3) is 5.06. The van der Waals surface area contributed by atoms with Gasteiger partial charge in [-0.1, -0.05) is 0 Å². The lowest BCUT2D eigenvalue weighted by Gasteiger charge is -2.20. The number of nitrogens with one attached hydrogen (secondary N) is 2. The maximum Gasteiger partial charge on any atom is 0.254 e. The van der Waals surface area contributed by atoms with Gasteiger partial charge in [-0.2, -0.15) is 0 Å². The second-order valence-electron chi connectivity index (χ2n) is 10.2. The number of hydrogen-bond acceptors (Lipinski definition) is 4. The fraction of sp³-hybridized carbons (Fsp3) is 0.321. The number of carbonyl (C=O) groups is 2. The highest BCUT2D eigenvalue weighted by Crippen LogP contribution is 2.31. The Morgan fingerprint density at radius 1 is 1.08 bits per heavy atom. The van der Waals surface area contributed by atoms with Crippen molar-refractivity contribution in [3.8, 4) is 0 Å². The van der Waals surface area contributed by atoms with Gasteiger partial charge in [0.2, 0.25) is 5.91 Å². The molecule has 2 amide bonds. The number of rotatable bonds is 7. The minimum atomic E-state index is -1.48. The van der Waals surface area contributed by atoms with Crippen LogP contribution in [0.15, 0.2) is 41.5 Å². The molecule has 0 fully saturated rings. The third-order valence-corrected chi connectivity index (χ3v) is 6.98. The van der Waals surface area contributed by atoms with Gasteiger partial charge >= 0.3 is 0 Å². The molecule has 0 spiro atoms. The Kier molecular flexibility index (Phi) is 7.02. The molecule has 3 heterocycles. The lowest BCUT2D eigenvalue weighted by Crippen LogP contribution is -2.35. The summed E-state index contributed by atoms with van der Waals surface area (Å²) in [4.78, 5) is 37.3. The third-order valence-electron chi connectivity index (χ3n) is 6.98. The summed E-state index contributed by atoms with van der Waals surface area (Å²) in [5, 5.41) is 3.46. The topological polar surface area (TPSA) is 80.8 Å². The van der Waals surface area contributed by atoms with Crippen molar-refractivity contribution in [1.82, 2.24) is 20.1 Å². The van der Waals surface area contributed by atoms with Crippen LogP contribution in [-0.2, 0) is 17.8 Å². The smallest absolute Gasteiger partial charge is 0.254 e. The average molecular weight is 542 g/mol. The van der Waals surface area contributed by atoms with Crippen LogP contribution in [0.1, 0.15) is 40.0 Å². The van der Waals surface area contributed by atoms with Gasteiger partial charge in [0.05, 0.1) is 11.8 Å². The standard InChI is InChI=1S/C28H27F4N5O2/c1-14(8-18-25(31)19(29)12-20(30)26(18)32)34-21-4-5-33-27(38)24(21)23-10-15-9-16-13-37(7-6-36(2)3)28(39)17(16)11-22(15)35-23/h4-5,9-12,14,24,35H,6-8,13H2,1-3H3,(H,33,38)/b34-21+/t14-,24?/m0/s1. The van der Waals surface area contributed by atoms with Crippen molar-refractivity contribution in [2.24, 2.45) is 4.99 Å². The molecule has 1 aromatic heterocycles. The first-order chi connectivity index (χ1) is 18.5. The highest BCUT2D eigenvalue weighted by atomic mass is 19.2. The lowest BCUT2D eigenvalue weighted by atomic mass is 9.95. The Hall–Kier alpha value is -3.99. The second kappa shape index (κ2) is 10.3. The van der Waals surface area contributed by atoms with Crippen LogP contribution in [0.5, 0.6) is 0 Å². The average Bonchev–Trinajstić information content (AvgIpc) is 3.42. The van der Waals surface area contributed by atoms with Crippen molar-refractivity contribution in [1.29, 1.82) is 0 Å². The van der Waals surface area contributed by atoms with E-state index in [4.69, 9.17) is 0 Å². The first-order valence-electron chi connectivity index (χ1n) is 12.5. The van der Waals surface area contributed by atoms with E-state index in [0.29, 0.717) is 35.6 Å². The molecule has 2 N–H and O–H groups in total. The van der Waals surface area contributed by atoms with Crippen LogP contribution < -0.4 is 5.32 Å². The number of halogens is 4. The van der Waals surface area contributed by atoms with E-state index in [-0.39, 0.29) is 17.9 Å². The Balaban J connectivity index is 1.43. The van der Waals surface area contributed by atoms with E-state index in [2.05, 4.69) is 15.3 Å². The molecule has 7 nitrogen and oxygen atoms in total. The Morgan fingerprint density at radius 3 is 2.49 bits per heavy atom. The van der Waals surface area contributed by atoms with E-state index in [0.717, 1.165) is 17.5 Å². The molecule has 2 atom stereocenters. The number of fused-ring (bicyclic) bond motifs is 2.